The fourth-order valence-corrected chi connectivity index (χ4v) is 8.58. The SMILES string of the molecule is COc1ccc([C@H](Cc2c(Cl)c[n+]([O-])cc2Cl)OC(=O)c2ccc(CNC(CO)(C(=O)O[C@H]3CN4CCC3CC4)c3ccccc3)s2)cc1OCC1CC1. The zero-order valence-electron chi connectivity index (χ0n) is 29.9. The van der Waals surface area contributed by atoms with Crippen LogP contribution in [0.25, 0.3) is 0 Å². The number of rotatable bonds is 16. The lowest BCUT2D eigenvalue weighted by Gasteiger charge is -2.45. The molecule has 54 heavy (non-hydrogen) atoms. The van der Waals surface area contributed by atoms with Gasteiger partial charge in [-0.15, -0.1) is 11.3 Å². The van der Waals surface area contributed by atoms with Crippen LogP contribution in [-0.2, 0) is 32.8 Å². The van der Waals surface area contributed by atoms with Crippen LogP contribution in [0.5, 0.6) is 11.5 Å². The molecule has 5 heterocycles. The van der Waals surface area contributed by atoms with Gasteiger partial charge in [-0.3, -0.25) is 10.2 Å². The van der Waals surface area contributed by atoms with Gasteiger partial charge in [-0.1, -0.05) is 59.6 Å². The quantitative estimate of drug-likeness (QED) is 0.0763. The number of nitrogens with one attached hydrogen (secondary N) is 1. The molecular formula is C40H43Cl2N3O8S. The number of hydrogen-bond donors (Lipinski definition) is 2. The van der Waals surface area contributed by atoms with Gasteiger partial charge in [-0.2, -0.15) is 4.73 Å². The number of nitrogens with zero attached hydrogens (tertiary/aromatic N) is 2. The maximum atomic E-state index is 14.0. The summed E-state index contributed by atoms with van der Waals surface area (Å²) in [5.74, 6) is 0.749. The summed E-state index contributed by atoms with van der Waals surface area (Å²) in [5.41, 5.74) is 0.129. The number of benzene rings is 2. The van der Waals surface area contributed by atoms with E-state index >= 15 is 0 Å². The lowest BCUT2D eigenvalue weighted by Crippen LogP contribution is -2.57. The number of piperidine rings is 3. The highest BCUT2D eigenvalue weighted by atomic mass is 35.5. The molecule has 11 nitrogen and oxygen atoms in total. The number of aromatic nitrogens is 1. The molecule has 1 aliphatic carbocycles. The van der Waals surface area contributed by atoms with Gasteiger partial charge in [0.15, 0.2) is 29.4 Å². The summed E-state index contributed by atoms with van der Waals surface area (Å²) in [6.45, 7) is 2.90. The van der Waals surface area contributed by atoms with Crippen molar-refractivity contribution in [2.45, 2.75) is 56.4 Å². The molecule has 286 valence electrons. The van der Waals surface area contributed by atoms with E-state index in [4.69, 9.17) is 42.1 Å². The van der Waals surface area contributed by atoms with Crippen molar-refractivity contribution in [1.29, 1.82) is 0 Å². The third kappa shape index (κ3) is 8.64. The lowest BCUT2D eigenvalue weighted by molar-refractivity contribution is -0.605. The summed E-state index contributed by atoms with van der Waals surface area (Å²) >= 11 is 14.1. The van der Waals surface area contributed by atoms with E-state index < -0.39 is 30.2 Å². The van der Waals surface area contributed by atoms with Crippen molar-refractivity contribution in [3.8, 4) is 11.5 Å². The molecule has 4 fully saturated rings. The largest absolute Gasteiger partial charge is 0.619 e. The normalized spacial score (nSPS) is 20.9. The molecular weight excluding hydrogens is 753 g/mol. The first-order valence-corrected chi connectivity index (χ1v) is 19.7. The van der Waals surface area contributed by atoms with Crippen molar-refractivity contribution < 1.29 is 38.4 Å². The number of fused-ring (bicyclic) bond motifs is 3. The minimum Gasteiger partial charge on any atom is -0.619 e. The molecule has 2 aromatic heterocycles. The highest BCUT2D eigenvalue weighted by Crippen LogP contribution is 2.38. The molecule has 2 N–H and O–H groups in total. The number of thiophene rings is 1. The number of aliphatic hydroxyl groups is 1. The van der Waals surface area contributed by atoms with E-state index in [2.05, 4.69) is 10.2 Å². The Bertz CT molecular complexity index is 1930. The predicted molar refractivity (Wildman–Crippen MR) is 204 cm³/mol. The fraction of sp³-hybridized carbons (Fsp3) is 0.425. The number of ether oxygens (including phenoxy) is 4. The molecule has 4 aliphatic rings. The Hall–Kier alpha value is -3.91. The molecule has 0 amide bonds. The van der Waals surface area contributed by atoms with Crippen LogP contribution < -0.4 is 19.5 Å². The highest BCUT2D eigenvalue weighted by molar-refractivity contribution is 7.13. The Morgan fingerprint density at radius 2 is 1.78 bits per heavy atom. The minimum absolute atomic E-state index is 0.0796. The maximum Gasteiger partial charge on any atom is 0.348 e. The Kier molecular flexibility index (Phi) is 12.0. The fourth-order valence-electron chi connectivity index (χ4n) is 7.15. The van der Waals surface area contributed by atoms with Gasteiger partial charge in [-0.05, 0) is 86.0 Å². The zero-order chi connectivity index (χ0) is 37.8. The number of carbonyl (C=O) groups excluding carboxylic acids is 2. The molecule has 1 saturated carbocycles. The molecule has 2 bridgehead atoms. The molecule has 0 spiro atoms. The van der Waals surface area contributed by atoms with Crippen LogP contribution in [0.15, 0.2) is 73.1 Å². The minimum atomic E-state index is -1.52. The van der Waals surface area contributed by atoms with E-state index in [1.54, 1.807) is 49.6 Å². The first kappa shape index (κ1) is 38.4. The molecule has 3 atom stereocenters. The van der Waals surface area contributed by atoms with Crippen LogP contribution in [0, 0.1) is 17.0 Å². The molecule has 14 heteroatoms. The lowest BCUT2D eigenvalue weighted by atomic mass is 9.85. The van der Waals surface area contributed by atoms with E-state index in [1.807, 2.05) is 18.2 Å². The zero-order valence-corrected chi connectivity index (χ0v) is 32.2. The second-order valence-electron chi connectivity index (χ2n) is 14.2. The number of esters is 2. The summed E-state index contributed by atoms with van der Waals surface area (Å²) in [5, 5.41) is 26.4. The van der Waals surface area contributed by atoms with Crippen molar-refractivity contribution >= 4 is 46.5 Å². The van der Waals surface area contributed by atoms with Crippen molar-refractivity contribution in [1.82, 2.24) is 10.2 Å². The van der Waals surface area contributed by atoms with Crippen LogP contribution in [0.3, 0.4) is 0 Å². The average molecular weight is 797 g/mol. The number of methoxy groups -OCH3 is 1. The van der Waals surface area contributed by atoms with Crippen LogP contribution in [0.2, 0.25) is 10.0 Å². The number of hydrogen-bond acceptors (Lipinski definition) is 11. The summed E-state index contributed by atoms with van der Waals surface area (Å²) in [6, 6.07) is 17.8. The van der Waals surface area contributed by atoms with Crippen molar-refractivity contribution in [3.63, 3.8) is 0 Å². The first-order chi connectivity index (χ1) is 26.1. The van der Waals surface area contributed by atoms with E-state index in [1.165, 1.54) is 23.7 Å². The third-order valence-corrected chi connectivity index (χ3v) is 12.3. The molecule has 2 aromatic carbocycles. The Morgan fingerprint density at radius 3 is 2.43 bits per heavy atom. The van der Waals surface area contributed by atoms with Crippen molar-refractivity contribution in [2.75, 3.05) is 40.0 Å². The van der Waals surface area contributed by atoms with Crippen molar-refractivity contribution in [3.05, 3.63) is 115 Å². The van der Waals surface area contributed by atoms with Gasteiger partial charge in [0.2, 0.25) is 0 Å². The van der Waals surface area contributed by atoms with Gasteiger partial charge in [0, 0.05) is 30.0 Å². The number of pyridine rings is 1. The smallest absolute Gasteiger partial charge is 0.348 e. The van der Waals surface area contributed by atoms with Crippen LogP contribution in [0.4, 0.5) is 0 Å². The first-order valence-electron chi connectivity index (χ1n) is 18.2. The standard InChI is InChI=1S/C40H43Cl2N3O8S/c1-50-33-11-9-27(17-35(33)51-23-25-7-8-25)34(18-30-31(41)20-45(49)21-32(30)42)52-38(47)37-12-10-29(54-37)19-43-40(24-46,28-5-3-2-4-6-28)39(48)53-36-22-44-15-13-26(36)14-16-44/h2-6,9-12,17,20-21,25-26,34,36,43,46H,7-8,13-16,18-19,22-24H2,1H3/t34-,36-,40?/m0/s1. The second kappa shape index (κ2) is 16.8. The van der Waals surface area contributed by atoms with Crippen molar-refractivity contribution in [2.24, 2.45) is 11.8 Å². The maximum absolute atomic E-state index is 14.0. The molecule has 8 rings (SSSR count). The van der Waals surface area contributed by atoms with E-state index in [0.29, 0.717) is 62.8 Å². The Balaban J connectivity index is 1.10. The van der Waals surface area contributed by atoms with E-state index in [9.17, 15) is 19.9 Å². The van der Waals surface area contributed by atoms with Gasteiger partial charge in [-0.25, -0.2) is 9.59 Å². The molecule has 0 radical (unpaired) electrons. The van der Waals surface area contributed by atoms with Gasteiger partial charge in [0.25, 0.3) is 0 Å². The second-order valence-corrected chi connectivity index (χ2v) is 16.2. The number of aliphatic hydroxyl groups excluding tert-OH is 1. The van der Waals surface area contributed by atoms with E-state index in [0.717, 1.165) is 43.6 Å². The Morgan fingerprint density at radius 1 is 1.04 bits per heavy atom. The number of carbonyl (C=O) groups is 2. The van der Waals surface area contributed by atoms with Gasteiger partial charge in [0.05, 0.1) is 20.3 Å². The van der Waals surface area contributed by atoms with Crippen LogP contribution in [-0.4, -0.2) is 68.0 Å². The highest BCUT2D eigenvalue weighted by Gasteiger charge is 2.45. The summed E-state index contributed by atoms with van der Waals surface area (Å²) in [4.78, 5) is 31.2. The molecule has 3 aliphatic heterocycles. The molecule has 3 saturated heterocycles. The predicted octanol–water partition coefficient (Wildman–Crippen LogP) is 6.24. The van der Waals surface area contributed by atoms with Crippen LogP contribution in [0.1, 0.15) is 63.0 Å². The van der Waals surface area contributed by atoms with Gasteiger partial charge < -0.3 is 29.3 Å². The summed E-state index contributed by atoms with van der Waals surface area (Å²) < 4.78 is 24.5. The monoisotopic (exact) mass is 795 g/mol. The third-order valence-electron chi connectivity index (χ3n) is 10.6. The molecule has 4 aromatic rings. The van der Waals surface area contributed by atoms with Gasteiger partial charge >= 0.3 is 11.9 Å². The van der Waals surface area contributed by atoms with Crippen LogP contribution >= 0.6 is 34.5 Å². The summed E-state index contributed by atoms with van der Waals surface area (Å²) in [7, 11) is 1.56. The summed E-state index contributed by atoms with van der Waals surface area (Å²) in [6.07, 6.45) is 5.57. The Labute approximate surface area is 328 Å². The number of halogens is 2. The molecule has 1 unspecified atom stereocenters. The average Bonchev–Trinajstić information content (AvgIpc) is 3.90. The topological polar surface area (TPSA) is 134 Å². The van der Waals surface area contributed by atoms with E-state index in [-0.39, 0.29) is 29.1 Å². The van der Waals surface area contributed by atoms with Gasteiger partial charge in [0.1, 0.15) is 27.1 Å².